The summed E-state index contributed by atoms with van der Waals surface area (Å²) in [6.45, 7) is 5.91. The SMILES string of the molecule is CC1CN(C(=O)c2ccc(C#CCO)s2)CC1C. The predicted octanol–water partition coefficient (Wildman–Crippen LogP) is 1.82. The zero-order valence-electron chi connectivity index (χ0n) is 10.6. The highest BCUT2D eigenvalue weighted by Crippen LogP contribution is 2.25. The number of hydrogen-bond donors (Lipinski definition) is 1. The molecule has 2 rings (SSSR count). The van der Waals surface area contributed by atoms with Crippen molar-refractivity contribution in [2.45, 2.75) is 13.8 Å². The van der Waals surface area contributed by atoms with Gasteiger partial charge in [0.25, 0.3) is 5.91 Å². The summed E-state index contributed by atoms with van der Waals surface area (Å²) < 4.78 is 0. The number of amides is 1. The maximum absolute atomic E-state index is 12.3. The molecule has 0 radical (unpaired) electrons. The normalized spacial score (nSPS) is 22.7. The largest absolute Gasteiger partial charge is 0.384 e. The van der Waals surface area contributed by atoms with E-state index in [0.717, 1.165) is 22.8 Å². The first-order valence-electron chi connectivity index (χ1n) is 6.10. The van der Waals surface area contributed by atoms with Gasteiger partial charge in [-0.2, -0.15) is 0 Å². The lowest BCUT2D eigenvalue weighted by Gasteiger charge is -2.14. The number of hydrogen-bond acceptors (Lipinski definition) is 3. The Hall–Kier alpha value is -1.31. The Labute approximate surface area is 111 Å². The molecule has 0 aromatic carbocycles. The van der Waals surface area contributed by atoms with Crippen molar-refractivity contribution < 1.29 is 9.90 Å². The first-order valence-corrected chi connectivity index (χ1v) is 6.92. The fourth-order valence-electron chi connectivity index (χ4n) is 2.10. The fourth-order valence-corrected chi connectivity index (χ4v) is 2.95. The molecule has 0 aliphatic carbocycles. The Morgan fingerprint density at radius 1 is 1.44 bits per heavy atom. The van der Waals surface area contributed by atoms with Crippen molar-refractivity contribution in [3.05, 3.63) is 21.9 Å². The number of rotatable bonds is 1. The van der Waals surface area contributed by atoms with E-state index in [0.29, 0.717) is 11.8 Å². The second-order valence-corrected chi connectivity index (χ2v) is 5.87. The van der Waals surface area contributed by atoms with Crippen LogP contribution in [0.3, 0.4) is 0 Å². The van der Waals surface area contributed by atoms with Crippen LogP contribution in [0.1, 0.15) is 28.4 Å². The Morgan fingerprint density at radius 2 is 2.11 bits per heavy atom. The molecule has 2 atom stereocenters. The molecule has 4 heteroatoms. The average Bonchev–Trinajstić information content (AvgIpc) is 2.94. The van der Waals surface area contributed by atoms with Crippen molar-refractivity contribution in [1.29, 1.82) is 0 Å². The van der Waals surface area contributed by atoms with Crippen molar-refractivity contribution in [2.24, 2.45) is 11.8 Å². The lowest BCUT2D eigenvalue weighted by Crippen LogP contribution is -2.28. The van der Waals surface area contributed by atoms with Gasteiger partial charge in [-0.3, -0.25) is 4.79 Å². The van der Waals surface area contributed by atoms with Gasteiger partial charge >= 0.3 is 0 Å². The number of aliphatic hydroxyl groups is 1. The van der Waals surface area contributed by atoms with Gasteiger partial charge in [-0.15, -0.1) is 11.3 Å². The molecule has 18 heavy (non-hydrogen) atoms. The molecule has 1 aromatic heterocycles. The molecule has 1 N–H and O–H groups in total. The van der Waals surface area contributed by atoms with E-state index in [-0.39, 0.29) is 12.5 Å². The van der Waals surface area contributed by atoms with Gasteiger partial charge in [-0.05, 0) is 24.0 Å². The number of carbonyl (C=O) groups is 1. The summed E-state index contributed by atoms with van der Waals surface area (Å²) in [5, 5.41) is 8.63. The third-order valence-electron chi connectivity index (χ3n) is 3.38. The van der Waals surface area contributed by atoms with Crippen LogP contribution < -0.4 is 0 Å². The summed E-state index contributed by atoms with van der Waals surface area (Å²) in [7, 11) is 0. The molecule has 3 nitrogen and oxygen atoms in total. The molecule has 1 amide bonds. The van der Waals surface area contributed by atoms with Gasteiger partial charge in [0.2, 0.25) is 0 Å². The molecule has 1 aromatic rings. The minimum absolute atomic E-state index is 0.105. The van der Waals surface area contributed by atoms with Crippen LogP contribution in [0, 0.1) is 23.7 Å². The number of thiophene rings is 1. The van der Waals surface area contributed by atoms with E-state index in [9.17, 15) is 4.79 Å². The van der Waals surface area contributed by atoms with Gasteiger partial charge < -0.3 is 10.0 Å². The van der Waals surface area contributed by atoms with Gasteiger partial charge in [0, 0.05) is 13.1 Å². The molecule has 2 heterocycles. The molecule has 1 aliphatic rings. The molecular weight excluding hydrogens is 246 g/mol. The van der Waals surface area contributed by atoms with E-state index in [2.05, 4.69) is 25.7 Å². The minimum atomic E-state index is -0.150. The Kier molecular flexibility index (Phi) is 4.05. The lowest BCUT2D eigenvalue weighted by molar-refractivity contribution is 0.0790. The van der Waals surface area contributed by atoms with E-state index >= 15 is 0 Å². The minimum Gasteiger partial charge on any atom is -0.384 e. The predicted molar refractivity (Wildman–Crippen MR) is 72.5 cm³/mol. The maximum Gasteiger partial charge on any atom is 0.263 e. The first-order chi connectivity index (χ1) is 8.61. The number of carbonyl (C=O) groups excluding carboxylic acids is 1. The summed E-state index contributed by atoms with van der Waals surface area (Å²) in [5.74, 6) is 6.67. The maximum atomic E-state index is 12.3. The van der Waals surface area contributed by atoms with Crippen LogP contribution >= 0.6 is 11.3 Å². The van der Waals surface area contributed by atoms with E-state index < -0.39 is 0 Å². The molecule has 0 saturated carbocycles. The molecular formula is C14H17NO2S. The van der Waals surface area contributed by atoms with E-state index in [4.69, 9.17) is 5.11 Å². The summed E-state index contributed by atoms with van der Waals surface area (Å²) >= 11 is 1.39. The first kappa shape index (κ1) is 13.1. The zero-order valence-corrected chi connectivity index (χ0v) is 11.5. The number of likely N-dealkylation sites (tertiary alicyclic amines) is 1. The topological polar surface area (TPSA) is 40.5 Å². The summed E-state index contributed by atoms with van der Waals surface area (Å²) in [6, 6.07) is 3.66. The number of aliphatic hydroxyl groups excluding tert-OH is 1. The van der Waals surface area contributed by atoms with Crippen molar-refractivity contribution in [3.8, 4) is 11.8 Å². The van der Waals surface area contributed by atoms with Crippen molar-refractivity contribution in [3.63, 3.8) is 0 Å². The summed E-state index contributed by atoms with van der Waals surface area (Å²) in [5.41, 5.74) is 0. The highest BCUT2D eigenvalue weighted by atomic mass is 32.1. The van der Waals surface area contributed by atoms with Crippen LogP contribution in [0.2, 0.25) is 0 Å². The van der Waals surface area contributed by atoms with Crippen LogP contribution in [0.15, 0.2) is 12.1 Å². The number of nitrogens with zero attached hydrogens (tertiary/aromatic N) is 1. The van der Waals surface area contributed by atoms with E-state index in [1.165, 1.54) is 11.3 Å². The smallest absolute Gasteiger partial charge is 0.263 e. The monoisotopic (exact) mass is 263 g/mol. The van der Waals surface area contributed by atoms with Gasteiger partial charge in [-0.25, -0.2) is 0 Å². The van der Waals surface area contributed by atoms with Gasteiger partial charge in [0.15, 0.2) is 0 Å². The van der Waals surface area contributed by atoms with E-state index in [1.807, 2.05) is 17.0 Å². The van der Waals surface area contributed by atoms with Crippen molar-refractivity contribution in [1.82, 2.24) is 4.90 Å². The molecule has 1 fully saturated rings. The fraction of sp³-hybridized carbons (Fsp3) is 0.500. The molecule has 0 bridgehead atoms. The second-order valence-electron chi connectivity index (χ2n) is 4.79. The Bertz CT molecular complexity index is 487. The zero-order chi connectivity index (χ0) is 13.1. The van der Waals surface area contributed by atoms with Crippen molar-refractivity contribution in [2.75, 3.05) is 19.7 Å². The van der Waals surface area contributed by atoms with Gasteiger partial charge in [-0.1, -0.05) is 25.7 Å². The van der Waals surface area contributed by atoms with Crippen LogP contribution in [0.25, 0.3) is 0 Å². The molecule has 2 unspecified atom stereocenters. The van der Waals surface area contributed by atoms with Crippen LogP contribution in [-0.4, -0.2) is 35.6 Å². The second kappa shape index (κ2) is 5.55. The summed E-state index contributed by atoms with van der Waals surface area (Å²) in [6.07, 6.45) is 0. The van der Waals surface area contributed by atoms with Gasteiger partial charge in [0.1, 0.15) is 6.61 Å². The third kappa shape index (κ3) is 2.74. The van der Waals surface area contributed by atoms with Gasteiger partial charge in [0.05, 0.1) is 9.75 Å². The highest BCUT2D eigenvalue weighted by Gasteiger charge is 2.30. The average molecular weight is 263 g/mol. The Morgan fingerprint density at radius 3 is 2.72 bits per heavy atom. The quantitative estimate of drug-likeness (QED) is 0.785. The molecule has 1 saturated heterocycles. The molecule has 0 spiro atoms. The standard InChI is InChI=1S/C14H17NO2S/c1-10-8-15(9-11(10)2)14(17)13-6-5-12(18-13)4-3-7-16/h5-6,10-11,16H,7-9H2,1-2H3. The van der Waals surface area contributed by atoms with Crippen LogP contribution in [0.5, 0.6) is 0 Å². The highest BCUT2D eigenvalue weighted by molar-refractivity contribution is 7.14. The lowest BCUT2D eigenvalue weighted by atomic mass is 10.0. The van der Waals surface area contributed by atoms with Crippen LogP contribution in [0.4, 0.5) is 0 Å². The van der Waals surface area contributed by atoms with E-state index in [1.54, 1.807) is 0 Å². The Balaban J connectivity index is 2.08. The van der Waals surface area contributed by atoms with Crippen LogP contribution in [-0.2, 0) is 0 Å². The molecule has 1 aliphatic heterocycles. The molecule has 96 valence electrons. The third-order valence-corrected chi connectivity index (χ3v) is 4.37. The summed E-state index contributed by atoms with van der Waals surface area (Å²) in [4.78, 5) is 15.7. The van der Waals surface area contributed by atoms with Crippen molar-refractivity contribution >= 4 is 17.2 Å².